The zero-order valence-electron chi connectivity index (χ0n) is 10.3. The summed E-state index contributed by atoms with van der Waals surface area (Å²) in [6.07, 6.45) is 6.47. The van der Waals surface area contributed by atoms with Crippen LogP contribution in [0.2, 0.25) is 0 Å². The van der Waals surface area contributed by atoms with E-state index in [1.807, 2.05) is 11.8 Å². The summed E-state index contributed by atoms with van der Waals surface area (Å²) in [4.78, 5) is 19.3. The Kier molecular flexibility index (Phi) is 3.33. The van der Waals surface area contributed by atoms with Gasteiger partial charge in [-0.2, -0.15) is 16.7 Å². The fourth-order valence-corrected chi connectivity index (χ4v) is 4.24. The van der Waals surface area contributed by atoms with Gasteiger partial charge in [0.2, 0.25) is 5.88 Å². The minimum atomic E-state index is -0.128. The minimum Gasteiger partial charge on any atom is -0.493 e. The van der Waals surface area contributed by atoms with Gasteiger partial charge < -0.3 is 10.1 Å². The molecule has 4 nitrogen and oxygen atoms in total. The minimum absolute atomic E-state index is 0.0341. The zero-order valence-corrected chi connectivity index (χ0v) is 11.1. The topological polar surface area (TPSA) is 66.0 Å². The smallest absolute Gasteiger partial charge is 0.258 e. The molecular weight excluding hydrogens is 248 g/mol. The van der Waals surface area contributed by atoms with E-state index < -0.39 is 0 Å². The number of hydrogen-bond donors (Lipinski definition) is 2. The van der Waals surface area contributed by atoms with Gasteiger partial charge in [0.15, 0.2) is 0 Å². The molecule has 2 N–H and O–H groups in total. The van der Waals surface area contributed by atoms with Crippen molar-refractivity contribution >= 4 is 11.8 Å². The number of nitrogens with zero attached hydrogens (tertiary/aromatic N) is 1. The molecule has 0 spiro atoms. The molecule has 0 aromatic carbocycles. The number of rotatable bonds is 2. The maximum atomic E-state index is 12.1. The highest BCUT2D eigenvalue weighted by Gasteiger charge is 2.27. The molecule has 18 heavy (non-hydrogen) atoms. The van der Waals surface area contributed by atoms with Crippen LogP contribution in [-0.4, -0.2) is 20.8 Å². The predicted octanol–water partition coefficient (Wildman–Crippen LogP) is 2.70. The SMILES string of the molecule is O=c1[nH]c(C2CCCS2)nc(O)c1C1CCCC1. The zero-order chi connectivity index (χ0) is 12.5. The van der Waals surface area contributed by atoms with E-state index in [-0.39, 0.29) is 22.6 Å². The molecule has 5 heteroatoms. The molecule has 3 rings (SSSR count). The van der Waals surface area contributed by atoms with E-state index in [9.17, 15) is 9.90 Å². The summed E-state index contributed by atoms with van der Waals surface area (Å²) in [6.45, 7) is 0. The molecule has 2 aliphatic rings. The molecule has 1 aromatic rings. The van der Waals surface area contributed by atoms with Crippen molar-refractivity contribution in [3.8, 4) is 5.88 Å². The fourth-order valence-electron chi connectivity index (χ4n) is 3.02. The Bertz CT molecular complexity index is 488. The molecule has 1 aliphatic heterocycles. The molecule has 1 atom stereocenters. The first kappa shape index (κ1) is 12.1. The lowest BCUT2D eigenvalue weighted by molar-refractivity contribution is 0.431. The molecule has 1 unspecified atom stereocenters. The average Bonchev–Trinajstić information content (AvgIpc) is 3.01. The van der Waals surface area contributed by atoms with Crippen LogP contribution in [0.1, 0.15) is 61.1 Å². The molecule has 2 fully saturated rings. The molecule has 1 saturated heterocycles. The molecule has 1 aromatic heterocycles. The number of aromatic hydroxyl groups is 1. The number of H-pyrrole nitrogens is 1. The Morgan fingerprint density at radius 3 is 2.61 bits per heavy atom. The molecule has 1 saturated carbocycles. The number of aromatic amines is 1. The largest absolute Gasteiger partial charge is 0.493 e. The Morgan fingerprint density at radius 2 is 2.00 bits per heavy atom. The van der Waals surface area contributed by atoms with Gasteiger partial charge in [-0.25, -0.2) is 0 Å². The van der Waals surface area contributed by atoms with Gasteiger partial charge in [0.1, 0.15) is 5.82 Å². The van der Waals surface area contributed by atoms with E-state index in [0.717, 1.165) is 44.3 Å². The van der Waals surface area contributed by atoms with Crippen LogP contribution in [0, 0.1) is 0 Å². The first-order valence-corrected chi connectivity index (χ1v) is 7.75. The van der Waals surface area contributed by atoms with Crippen molar-refractivity contribution in [1.82, 2.24) is 9.97 Å². The predicted molar refractivity (Wildman–Crippen MR) is 72.2 cm³/mol. The van der Waals surface area contributed by atoms with Crippen molar-refractivity contribution in [2.75, 3.05) is 5.75 Å². The van der Waals surface area contributed by atoms with Crippen LogP contribution in [0.4, 0.5) is 0 Å². The van der Waals surface area contributed by atoms with Crippen molar-refractivity contribution in [2.45, 2.75) is 49.7 Å². The molecule has 0 amide bonds. The molecule has 2 heterocycles. The molecule has 0 radical (unpaired) electrons. The van der Waals surface area contributed by atoms with Crippen LogP contribution >= 0.6 is 11.8 Å². The van der Waals surface area contributed by atoms with Crippen LogP contribution in [-0.2, 0) is 0 Å². The first-order valence-electron chi connectivity index (χ1n) is 6.70. The Hall–Kier alpha value is -0.970. The molecular formula is C13H18N2O2S. The summed E-state index contributed by atoms with van der Waals surface area (Å²) in [7, 11) is 0. The molecule has 98 valence electrons. The van der Waals surface area contributed by atoms with E-state index in [4.69, 9.17) is 0 Å². The highest BCUT2D eigenvalue weighted by atomic mass is 32.2. The maximum Gasteiger partial charge on any atom is 0.258 e. The van der Waals surface area contributed by atoms with Crippen LogP contribution in [0.25, 0.3) is 0 Å². The third kappa shape index (κ3) is 2.16. The number of nitrogens with one attached hydrogen (secondary N) is 1. The molecule has 0 bridgehead atoms. The Morgan fingerprint density at radius 1 is 1.22 bits per heavy atom. The van der Waals surface area contributed by atoms with Crippen LogP contribution in [0.3, 0.4) is 0 Å². The summed E-state index contributed by atoms with van der Waals surface area (Å²) < 4.78 is 0. The van der Waals surface area contributed by atoms with Gasteiger partial charge in [-0.15, -0.1) is 0 Å². The van der Waals surface area contributed by atoms with Crippen LogP contribution < -0.4 is 5.56 Å². The Balaban J connectivity index is 1.94. The second kappa shape index (κ2) is 4.96. The Labute approximate surface area is 110 Å². The van der Waals surface area contributed by atoms with Gasteiger partial charge in [0.25, 0.3) is 5.56 Å². The van der Waals surface area contributed by atoms with E-state index in [0.29, 0.717) is 11.4 Å². The van der Waals surface area contributed by atoms with E-state index in [1.54, 1.807) is 0 Å². The van der Waals surface area contributed by atoms with E-state index >= 15 is 0 Å². The van der Waals surface area contributed by atoms with Crippen molar-refractivity contribution < 1.29 is 5.11 Å². The van der Waals surface area contributed by atoms with Gasteiger partial charge >= 0.3 is 0 Å². The van der Waals surface area contributed by atoms with E-state index in [1.165, 1.54) is 0 Å². The van der Waals surface area contributed by atoms with Crippen molar-refractivity contribution in [3.05, 3.63) is 21.7 Å². The highest BCUT2D eigenvalue weighted by molar-refractivity contribution is 7.99. The van der Waals surface area contributed by atoms with Gasteiger partial charge in [-0.05, 0) is 37.4 Å². The van der Waals surface area contributed by atoms with E-state index in [2.05, 4.69) is 9.97 Å². The third-order valence-electron chi connectivity index (χ3n) is 3.95. The lowest BCUT2D eigenvalue weighted by atomic mass is 10.00. The molecule has 1 aliphatic carbocycles. The number of aromatic nitrogens is 2. The van der Waals surface area contributed by atoms with Gasteiger partial charge in [-0.1, -0.05) is 12.8 Å². The quantitative estimate of drug-likeness (QED) is 0.863. The first-order chi connectivity index (χ1) is 8.75. The maximum absolute atomic E-state index is 12.1. The van der Waals surface area contributed by atoms with Gasteiger partial charge in [0.05, 0.1) is 10.8 Å². The van der Waals surface area contributed by atoms with Crippen molar-refractivity contribution in [2.24, 2.45) is 0 Å². The number of thioether (sulfide) groups is 1. The summed E-state index contributed by atoms with van der Waals surface area (Å²) in [5.41, 5.74) is 0.385. The van der Waals surface area contributed by atoms with Gasteiger partial charge in [-0.3, -0.25) is 4.79 Å². The number of hydrogen-bond acceptors (Lipinski definition) is 4. The standard InChI is InChI=1S/C13H18N2O2S/c16-12-10(8-4-1-2-5-8)13(17)15-11(14-12)9-6-3-7-18-9/h8-9H,1-7H2,(H2,14,15,16,17). The van der Waals surface area contributed by atoms with Crippen molar-refractivity contribution in [3.63, 3.8) is 0 Å². The lowest BCUT2D eigenvalue weighted by Crippen LogP contribution is -2.19. The summed E-state index contributed by atoms with van der Waals surface area (Å²) in [5.74, 6) is 1.93. The summed E-state index contributed by atoms with van der Waals surface area (Å²) in [5, 5.41) is 10.3. The second-order valence-electron chi connectivity index (χ2n) is 5.17. The second-order valence-corrected chi connectivity index (χ2v) is 6.48. The summed E-state index contributed by atoms with van der Waals surface area (Å²) >= 11 is 1.81. The van der Waals surface area contributed by atoms with Crippen LogP contribution in [0.5, 0.6) is 5.88 Å². The average molecular weight is 266 g/mol. The monoisotopic (exact) mass is 266 g/mol. The van der Waals surface area contributed by atoms with Crippen molar-refractivity contribution in [1.29, 1.82) is 0 Å². The summed E-state index contributed by atoms with van der Waals surface area (Å²) in [6, 6.07) is 0. The third-order valence-corrected chi connectivity index (χ3v) is 5.34. The lowest BCUT2D eigenvalue weighted by Gasteiger charge is -2.13. The fraction of sp³-hybridized carbons (Fsp3) is 0.692. The van der Waals surface area contributed by atoms with Gasteiger partial charge in [0, 0.05) is 0 Å². The normalized spacial score (nSPS) is 24.8. The van der Waals surface area contributed by atoms with Crippen LogP contribution in [0.15, 0.2) is 4.79 Å². The highest BCUT2D eigenvalue weighted by Crippen LogP contribution is 2.40.